The van der Waals surface area contributed by atoms with E-state index in [0.29, 0.717) is 42.4 Å². The minimum atomic E-state index is -0.779. The zero-order chi connectivity index (χ0) is 22.6. The molecule has 1 aliphatic carbocycles. The van der Waals surface area contributed by atoms with Gasteiger partial charge in [-0.05, 0) is 57.8 Å². The van der Waals surface area contributed by atoms with Crippen LogP contribution in [0, 0.1) is 5.92 Å². The Morgan fingerprint density at radius 3 is 2.35 bits per heavy atom. The van der Waals surface area contributed by atoms with E-state index in [2.05, 4.69) is 12.2 Å². The summed E-state index contributed by atoms with van der Waals surface area (Å²) in [6, 6.07) is 4.54. The fourth-order valence-corrected chi connectivity index (χ4v) is 4.48. The van der Waals surface area contributed by atoms with Gasteiger partial charge in [-0.25, -0.2) is 0 Å². The van der Waals surface area contributed by atoms with Crippen LogP contribution >= 0.6 is 0 Å². The summed E-state index contributed by atoms with van der Waals surface area (Å²) in [5.74, 6) is 0.915. The summed E-state index contributed by atoms with van der Waals surface area (Å²) < 4.78 is 17.2. The molecule has 2 fully saturated rings. The van der Waals surface area contributed by atoms with Crippen LogP contribution in [0.1, 0.15) is 43.0 Å². The lowest BCUT2D eigenvalue weighted by Crippen LogP contribution is -2.57. The summed E-state index contributed by atoms with van der Waals surface area (Å²) in [4.78, 5) is 30.7. The summed E-state index contributed by atoms with van der Waals surface area (Å²) in [6.45, 7) is 3.62. The molecule has 1 spiro atoms. The average molecular weight is 434 g/mol. The molecule has 2 aliphatic rings. The molecule has 172 valence electrons. The Balaban J connectivity index is 1.96. The molecule has 1 atom stereocenters. The highest BCUT2D eigenvalue weighted by atomic mass is 16.5. The van der Waals surface area contributed by atoms with Crippen molar-refractivity contribution < 1.29 is 23.8 Å². The number of amides is 2. The number of hydrogen-bond donors (Lipinski definition) is 1. The fourth-order valence-electron chi connectivity index (χ4n) is 4.48. The number of carbonyl (C=O) groups excluding carboxylic acids is 2. The Morgan fingerprint density at radius 1 is 1.19 bits per heavy atom. The third-order valence-electron chi connectivity index (χ3n) is 6.34. The molecule has 1 N–H and O–H groups in total. The van der Waals surface area contributed by atoms with Crippen LogP contribution in [0.3, 0.4) is 0 Å². The second-order valence-corrected chi connectivity index (χ2v) is 8.76. The smallest absolute Gasteiger partial charge is 0.264 e. The minimum absolute atomic E-state index is 0.186. The maximum absolute atomic E-state index is 14.0. The number of likely N-dealkylation sites (N-methyl/N-ethyl adjacent to an activating group) is 1. The van der Waals surface area contributed by atoms with E-state index in [-0.39, 0.29) is 18.4 Å². The van der Waals surface area contributed by atoms with Crippen molar-refractivity contribution in [3.8, 4) is 11.5 Å². The second-order valence-electron chi connectivity index (χ2n) is 8.76. The Morgan fingerprint density at radius 2 is 1.81 bits per heavy atom. The predicted octanol–water partition coefficient (Wildman–Crippen LogP) is 2.13. The first kappa shape index (κ1) is 23.3. The van der Waals surface area contributed by atoms with Crippen molar-refractivity contribution >= 4 is 11.8 Å². The van der Waals surface area contributed by atoms with E-state index < -0.39 is 11.8 Å². The molecule has 0 aromatic heterocycles. The Bertz CT molecular complexity index is 767. The lowest BCUT2D eigenvalue weighted by atomic mass is 9.83. The van der Waals surface area contributed by atoms with E-state index in [1.807, 2.05) is 19.0 Å². The summed E-state index contributed by atoms with van der Waals surface area (Å²) in [5, 5.41) is 2.96. The fraction of sp³-hybridized carbons (Fsp3) is 0.652. The van der Waals surface area contributed by atoms with E-state index >= 15 is 0 Å². The lowest BCUT2D eigenvalue weighted by Gasteiger charge is -2.43. The molecule has 1 unspecified atom stereocenters. The quantitative estimate of drug-likeness (QED) is 0.710. The molecule has 1 heterocycles. The van der Waals surface area contributed by atoms with Gasteiger partial charge in [-0.3, -0.25) is 14.5 Å². The van der Waals surface area contributed by atoms with Gasteiger partial charge in [0.25, 0.3) is 5.91 Å². The molecular formula is C23H35N3O5. The highest BCUT2D eigenvalue weighted by Crippen LogP contribution is 2.44. The van der Waals surface area contributed by atoms with Crippen molar-refractivity contribution in [2.24, 2.45) is 5.92 Å². The van der Waals surface area contributed by atoms with Crippen LogP contribution in [-0.2, 0) is 9.53 Å². The number of methoxy groups -OCH3 is 2. The summed E-state index contributed by atoms with van der Waals surface area (Å²) in [7, 11) is 6.95. The molecule has 8 heteroatoms. The van der Waals surface area contributed by atoms with E-state index in [4.69, 9.17) is 14.2 Å². The molecule has 8 nitrogen and oxygen atoms in total. The lowest BCUT2D eigenvalue weighted by molar-refractivity contribution is -0.127. The minimum Gasteiger partial charge on any atom is -0.496 e. The summed E-state index contributed by atoms with van der Waals surface area (Å²) in [5.41, 5.74) is -0.457. The van der Waals surface area contributed by atoms with Gasteiger partial charge in [0, 0.05) is 13.1 Å². The van der Waals surface area contributed by atoms with Gasteiger partial charge < -0.3 is 24.4 Å². The molecule has 1 saturated carbocycles. The van der Waals surface area contributed by atoms with Crippen LogP contribution in [0.2, 0.25) is 0 Å². The van der Waals surface area contributed by atoms with Gasteiger partial charge in [-0.1, -0.05) is 13.0 Å². The Labute approximate surface area is 184 Å². The van der Waals surface area contributed by atoms with Crippen LogP contribution in [0.4, 0.5) is 0 Å². The number of nitrogens with one attached hydrogen (secondary N) is 1. The standard InChI is InChI=1S/C23H35N3O5/c1-16-9-11-23(12-10-16)26(17(15-31-23)21(27)24-13-14-25(2)3)22(28)20-18(29-4)7-6-8-19(20)30-5/h6-8,16-17H,9-15H2,1-5H3,(H,24,27). The molecule has 1 aromatic rings. The molecule has 0 radical (unpaired) electrons. The molecule has 1 aromatic carbocycles. The predicted molar refractivity (Wildman–Crippen MR) is 117 cm³/mol. The second kappa shape index (κ2) is 9.87. The van der Waals surface area contributed by atoms with Gasteiger partial charge in [-0.2, -0.15) is 0 Å². The first-order valence-corrected chi connectivity index (χ1v) is 10.9. The topological polar surface area (TPSA) is 80.3 Å². The van der Waals surface area contributed by atoms with Crippen LogP contribution < -0.4 is 14.8 Å². The maximum atomic E-state index is 14.0. The van der Waals surface area contributed by atoms with Crippen LogP contribution in [0.5, 0.6) is 11.5 Å². The van der Waals surface area contributed by atoms with E-state index in [1.165, 1.54) is 14.2 Å². The number of benzene rings is 1. The van der Waals surface area contributed by atoms with Crippen LogP contribution in [0.25, 0.3) is 0 Å². The number of rotatable bonds is 7. The third-order valence-corrected chi connectivity index (χ3v) is 6.34. The van der Waals surface area contributed by atoms with Crippen molar-refractivity contribution in [2.75, 3.05) is 48.0 Å². The SMILES string of the molecule is COc1cccc(OC)c1C(=O)N1C(C(=O)NCCN(C)C)COC12CCC(C)CC2. The van der Waals surface area contributed by atoms with Gasteiger partial charge >= 0.3 is 0 Å². The van der Waals surface area contributed by atoms with E-state index in [1.54, 1.807) is 23.1 Å². The average Bonchev–Trinajstić information content (AvgIpc) is 3.13. The van der Waals surface area contributed by atoms with Crippen molar-refractivity contribution in [3.05, 3.63) is 23.8 Å². The highest BCUT2D eigenvalue weighted by Gasteiger charge is 2.54. The highest BCUT2D eigenvalue weighted by molar-refractivity contribution is 6.02. The van der Waals surface area contributed by atoms with Crippen molar-refractivity contribution in [2.45, 2.75) is 44.4 Å². The number of carbonyl (C=O) groups is 2. The van der Waals surface area contributed by atoms with Gasteiger partial charge in [0.15, 0.2) is 0 Å². The van der Waals surface area contributed by atoms with Gasteiger partial charge in [-0.15, -0.1) is 0 Å². The third kappa shape index (κ3) is 4.80. The molecule has 31 heavy (non-hydrogen) atoms. The molecule has 3 rings (SSSR count). The normalized spacial score (nSPS) is 25.7. The van der Waals surface area contributed by atoms with E-state index in [9.17, 15) is 9.59 Å². The first-order chi connectivity index (χ1) is 14.8. The van der Waals surface area contributed by atoms with Crippen LogP contribution in [0.15, 0.2) is 18.2 Å². The molecule has 1 saturated heterocycles. The molecular weight excluding hydrogens is 398 g/mol. The zero-order valence-electron chi connectivity index (χ0n) is 19.3. The first-order valence-electron chi connectivity index (χ1n) is 10.9. The number of ether oxygens (including phenoxy) is 3. The molecule has 2 amide bonds. The van der Waals surface area contributed by atoms with Gasteiger partial charge in [0.2, 0.25) is 5.91 Å². The monoisotopic (exact) mass is 433 g/mol. The van der Waals surface area contributed by atoms with Crippen molar-refractivity contribution in [3.63, 3.8) is 0 Å². The van der Waals surface area contributed by atoms with Crippen molar-refractivity contribution in [1.82, 2.24) is 15.1 Å². The van der Waals surface area contributed by atoms with Gasteiger partial charge in [0.05, 0.1) is 20.8 Å². The zero-order valence-corrected chi connectivity index (χ0v) is 19.3. The van der Waals surface area contributed by atoms with Crippen LogP contribution in [-0.4, -0.2) is 81.4 Å². The Hall–Kier alpha value is -2.32. The van der Waals surface area contributed by atoms with E-state index in [0.717, 1.165) is 19.4 Å². The maximum Gasteiger partial charge on any atom is 0.264 e. The van der Waals surface area contributed by atoms with Gasteiger partial charge in [0.1, 0.15) is 28.8 Å². The summed E-state index contributed by atoms with van der Waals surface area (Å²) in [6.07, 6.45) is 3.31. The number of hydrogen-bond acceptors (Lipinski definition) is 6. The molecule has 0 bridgehead atoms. The number of nitrogens with zero attached hydrogens (tertiary/aromatic N) is 2. The van der Waals surface area contributed by atoms with Crippen molar-refractivity contribution in [1.29, 1.82) is 0 Å². The molecule has 1 aliphatic heterocycles. The largest absolute Gasteiger partial charge is 0.496 e. The summed E-state index contributed by atoms with van der Waals surface area (Å²) >= 11 is 0. The Kier molecular flexibility index (Phi) is 7.43.